The molecule has 2 unspecified atom stereocenters. The molecule has 0 aliphatic carbocycles. The predicted molar refractivity (Wildman–Crippen MR) is 109 cm³/mol. The molecule has 2 atom stereocenters. The third kappa shape index (κ3) is 3.56. The van der Waals surface area contributed by atoms with Crippen LogP contribution in [0.25, 0.3) is 0 Å². The molecule has 3 heterocycles. The van der Waals surface area contributed by atoms with Crippen molar-refractivity contribution in [3.05, 3.63) is 35.7 Å². The van der Waals surface area contributed by atoms with Crippen LogP contribution in [0.3, 0.4) is 0 Å². The van der Waals surface area contributed by atoms with E-state index in [4.69, 9.17) is 4.74 Å². The minimum absolute atomic E-state index is 0.0259. The van der Waals surface area contributed by atoms with Gasteiger partial charge in [-0.15, -0.1) is 5.10 Å². The predicted octanol–water partition coefficient (Wildman–Crippen LogP) is 2.34. The van der Waals surface area contributed by atoms with Gasteiger partial charge in [-0.2, -0.15) is 4.68 Å². The maximum atomic E-state index is 13.2. The van der Waals surface area contributed by atoms with Gasteiger partial charge in [-0.3, -0.25) is 9.69 Å². The van der Waals surface area contributed by atoms with E-state index >= 15 is 0 Å². The lowest BCUT2D eigenvalue weighted by atomic mass is 9.99. The standard InChI is InChI=1S/C20H27N5O2S/c1-4-16-21-20-25(22-16)19(26)18(28-20)17(14-7-6-8-15(13-14)27-3)24-11-9-23(5-2)10-12-24/h6-8,13,17-18H,4-5,9-12H2,1-3H3. The second-order valence-electron chi connectivity index (χ2n) is 7.14. The highest BCUT2D eigenvalue weighted by molar-refractivity contribution is 8.00. The second-order valence-corrected chi connectivity index (χ2v) is 8.25. The van der Waals surface area contributed by atoms with Gasteiger partial charge in [0.15, 0.2) is 11.0 Å². The van der Waals surface area contributed by atoms with Gasteiger partial charge in [-0.25, -0.2) is 4.98 Å². The summed E-state index contributed by atoms with van der Waals surface area (Å²) in [5.41, 5.74) is 1.11. The van der Waals surface area contributed by atoms with E-state index in [2.05, 4.69) is 38.9 Å². The van der Waals surface area contributed by atoms with Crippen LogP contribution in [0.1, 0.15) is 36.1 Å². The van der Waals surface area contributed by atoms with Gasteiger partial charge in [0.05, 0.1) is 13.2 Å². The van der Waals surface area contributed by atoms with Crippen molar-refractivity contribution in [2.75, 3.05) is 39.8 Å². The van der Waals surface area contributed by atoms with E-state index in [1.165, 1.54) is 4.68 Å². The second kappa shape index (κ2) is 8.23. The lowest BCUT2D eigenvalue weighted by molar-refractivity contribution is 0.0738. The quantitative estimate of drug-likeness (QED) is 0.736. The Kier molecular flexibility index (Phi) is 5.70. The smallest absolute Gasteiger partial charge is 0.264 e. The molecule has 2 aromatic rings. The molecule has 2 aliphatic rings. The Morgan fingerprint density at radius 3 is 2.68 bits per heavy atom. The first-order chi connectivity index (χ1) is 13.6. The first-order valence-electron chi connectivity index (χ1n) is 9.91. The molecule has 0 spiro atoms. The van der Waals surface area contributed by atoms with E-state index in [1.54, 1.807) is 18.9 Å². The fraction of sp³-hybridized carbons (Fsp3) is 0.550. The molecule has 150 valence electrons. The number of methoxy groups -OCH3 is 1. The van der Waals surface area contributed by atoms with E-state index in [1.807, 2.05) is 19.1 Å². The van der Waals surface area contributed by atoms with Crippen molar-refractivity contribution in [2.24, 2.45) is 0 Å². The summed E-state index contributed by atoms with van der Waals surface area (Å²) >= 11 is 1.54. The van der Waals surface area contributed by atoms with Crippen LogP contribution >= 0.6 is 11.8 Å². The molecule has 1 aromatic heterocycles. The number of hydrogen-bond donors (Lipinski definition) is 0. The summed E-state index contributed by atoms with van der Waals surface area (Å²) < 4.78 is 6.95. The fourth-order valence-corrected chi connectivity index (χ4v) is 5.23. The molecule has 0 bridgehead atoms. The van der Waals surface area contributed by atoms with E-state index in [0.29, 0.717) is 5.16 Å². The molecule has 8 heteroatoms. The van der Waals surface area contributed by atoms with Gasteiger partial charge in [0.25, 0.3) is 5.91 Å². The van der Waals surface area contributed by atoms with Gasteiger partial charge < -0.3 is 9.64 Å². The Morgan fingerprint density at radius 1 is 1.25 bits per heavy atom. The van der Waals surface area contributed by atoms with Crippen molar-refractivity contribution in [1.82, 2.24) is 24.6 Å². The van der Waals surface area contributed by atoms with Crippen molar-refractivity contribution in [2.45, 2.75) is 36.7 Å². The summed E-state index contributed by atoms with van der Waals surface area (Å²) in [6.07, 6.45) is 0.733. The van der Waals surface area contributed by atoms with Gasteiger partial charge in [0.1, 0.15) is 11.0 Å². The maximum Gasteiger partial charge on any atom is 0.264 e. The van der Waals surface area contributed by atoms with E-state index in [-0.39, 0.29) is 17.2 Å². The molecule has 4 rings (SSSR count). The number of nitrogens with zero attached hydrogens (tertiary/aromatic N) is 5. The van der Waals surface area contributed by atoms with Gasteiger partial charge in [-0.1, -0.05) is 37.7 Å². The molecule has 0 saturated carbocycles. The number of aromatic nitrogens is 3. The Labute approximate surface area is 170 Å². The van der Waals surface area contributed by atoms with Crippen LogP contribution in [0.15, 0.2) is 29.4 Å². The molecule has 28 heavy (non-hydrogen) atoms. The summed E-state index contributed by atoms with van der Waals surface area (Å²) in [5, 5.41) is 4.87. The summed E-state index contributed by atoms with van der Waals surface area (Å²) in [6.45, 7) is 9.18. The van der Waals surface area contributed by atoms with Crippen molar-refractivity contribution >= 4 is 17.7 Å². The molecule has 1 fully saturated rings. The highest BCUT2D eigenvalue weighted by atomic mass is 32.2. The fourth-order valence-electron chi connectivity index (χ4n) is 3.95. The van der Waals surface area contributed by atoms with Crippen molar-refractivity contribution in [3.8, 4) is 5.75 Å². The molecule has 0 amide bonds. The monoisotopic (exact) mass is 401 g/mol. The SMILES string of the molecule is CCc1nc2n(n1)C(=O)C(C(c1cccc(OC)c1)N1CCN(CC)CC1)S2. The molecule has 7 nitrogen and oxygen atoms in total. The average Bonchev–Trinajstić information content (AvgIpc) is 3.28. The minimum Gasteiger partial charge on any atom is -0.497 e. The number of piperazine rings is 1. The van der Waals surface area contributed by atoms with Crippen LogP contribution < -0.4 is 4.74 Å². The molecule has 1 aromatic carbocycles. The van der Waals surface area contributed by atoms with Gasteiger partial charge >= 0.3 is 0 Å². The number of fused-ring (bicyclic) bond motifs is 1. The molecular formula is C20H27N5O2S. The number of carbonyl (C=O) groups excluding carboxylic acids is 1. The summed E-state index contributed by atoms with van der Waals surface area (Å²) in [5.74, 6) is 1.57. The zero-order chi connectivity index (χ0) is 19.7. The summed E-state index contributed by atoms with van der Waals surface area (Å²) in [6, 6.07) is 8.06. The van der Waals surface area contributed by atoms with Crippen LogP contribution in [0.5, 0.6) is 5.75 Å². The van der Waals surface area contributed by atoms with Crippen LogP contribution in [-0.2, 0) is 6.42 Å². The number of hydrogen-bond acceptors (Lipinski definition) is 7. The zero-order valence-electron chi connectivity index (χ0n) is 16.7. The summed E-state index contributed by atoms with van der Waals surface area (Å²) in [4.78, 5) is 22.6. The first kappa shape index (κ1) is 19.4. The van der Waals surface area contributed by atoms with Crippen molar-refractivity contribution in [3.63, 3.8) is 0 Å². The lowest BCUT2D eigenvalue weighted by Crippen LogP contribution is -2.50. The zero-order valence-corrected chi connectivity index (χ0v) is 17.5. The number of benzene rings is 1. The highest BCUT2D eigenvalue weighted by Crippen LogP contribution is 2.41. The third-order valence-electron chi connectivity index (χ3n) is 5.59. The van der Waals surface area contributed by atoms with Crippen LogP contribution in [0.4, 0.5) is 0 Å². The van der Waals surface area contributed by atoms with Crippen LogP contribution in [0.2, 0.25) is 0 Å². The van der Waals surface area contributed by atoms with E-state index < -0.39 is 0 Å². The van der Waals surface area contributed by atoms with Crippen molar-refractivity contribution in [1.29, 1.82) is 0 Å². The first-order valence-corrected chi connectivity index (χ1v) is 10.8. The Balaban J connectivity index is 1.65. The normalized spacial score (nSPS) is 21.7. The topological polar surface area (TPSA) is 63.5 Å². The molecule has 0 N–H and O–H groups in total. The summed E-state index contributed by atoms with van der Waals surface area (Å²) in [7, 11) is 1.68. The van der Waals surface area contributed by atoms with Gasteiger partial charge in [0.2, 0.25) is 0 Å². The molecule has 1 saturated heterocycles. The Morgan fingerprint density at radius 2 is 2.04 bits per heavy atom. The lowest BCUT2D eigenvalue weighted by Gasteiger charge is -2.40. The number of rotatable bonds is 6. The Bertz CT molecular complexity index is 847. The van der Waals surface area contributed by atoms with Gasteiger partial charge in [0, 0.05) is 32.6 Å². The number of carbonyl (C=O) groups is 1. The largest absolute Gasteiger partial charge is 0.497 e. The van der Waals surface area contributed by atoms with Crippen LogP contribution in [0, 0.1) is 0 Å². The average molecular weight is 402 g/mol. The van der Waals surface area contributed by atoms with E-state index in [9.17, 15) is 4.79 Å². The number of thioether (sulfide) groups is 1. The number of aryl methyl sites for hydroxylation is 1. The number of likely N-dealkylation sites (N-methyl/N-ethyl adjacent to an activating group) is 1. The Hall–Kier alpha value is -1.90. The highest BCUT2D eigenvalue weighted by Gasteiger charge is 2.43. The molecule has 0 radical (unpaired) electrons. The molecule has 2 aliphatic heterocycles. The number of ether oxygens (including phenoxy) is 1. The maximum absolute atomic E-state index is 13.2. The van der Waals surface area contributed by atoms with E-state index in [0.717, 1.165) is 56.3 Å². The van der Waals surface area contributed by atoms with Gasteiger partial charge in [-0.05, 0) is 24.2 Å². The van der Waals surface area contributed by atoms with Crippen LogP contribution in [-0.4, -0.2) is 75.6 Å². The third-order valence-corrected chi connectivity index (χ3v) is 6.78. The van der Waals surface area contributed by atoms with Crippen molar-refractivity contribution < 1.29 is 9.53 Å². The minimum atomic E-state index is -0.249. The molecular weight excluding hydrogens is 374 g/mol.